The maximum Gasteiger partial charge on any atom is 0.321 e. The van der Waals surface area contributed by atoms with Crippen molar-refractivity contribution in [2.45, 2.75) is 19.3 Å². The molecular formula is C21H18N2O3. The van der Waals surface area contributed by atoms with Gasteiger partial charge < -0.3 is 14.8 Å². The molecule has 1 atom stereocenters. The second kappa shape index (κ2) is 6.88. The van der Waals surface area contributed by atoms with Crippen LogP contribution in [0, 0.1) is 6.92 Å². The first-order valence-corrected chi connectivity index (χ1v) is 8.40. The van der Waals surface area contributed by atoms with Crippen LogP contribution in [-0.2, 0) is 4.79 Å². The number of nitrogens with zero attached hydrogens (tertiary/aromatic N) is 1. The van der Waals surface area contributed by atoms with Crippen molar-refractivity contribution >= 4 is 5.91 Å². The van der Waals surface area contributed by atoms with Crippen molar-refractivity contribution in [3.8, 4) is 11.5 Å². The van der Waals surface area contributed by atoms with Crippen molar-refractivity contribution in [3.63, 3.8) is 0 Å². The Morgan fingerprint density at radius 1 is 0.962 bits per heavy atom. The summed E-state index contributed by atoms with van der Waals surface area (Å²) >= 11 is 0. The summed E-state index contributed by atoms with van der Waals surface area (Å²) in [7, 11) is 0. The lowest BCUT2D eigenvalue weighted by atomic mass is 9.95. The van der Waals surface area contributed by atoms with Gasteiger partial charge in [-0.2, -0.15) is 0 Å². The molecule has 3 aromatic rings. The maximum absolute atomic E-state index is 12.8. The van der Waals surface area contributed by atoms with Gasteiger partial charge in [0.25, 0.3) is 0 Å². The fourth-order valence-electron chi connectivity index (χ4n) is 3.02. The molecule has 0 spiro atoms. The number of carbonyl (C=O) groups excluding carboxylic acids is 1. The molecule has 4 rings (SSSR count). The summed E-state index contributed by atoms with van der Waals surface area (Å²) in [6, 6.07) is 18.7. The Labute approximate surface area is 151 Å². The van der Waals surface area contributed by atoms with E-state index in [1.54, 1.807) is 24.5 Å². The van der Waals surface area contributed by atoms with Gasteiger partial charge in [-0.3, -0.25) is 9.78 Å². The van der Waals surface area contributed by atoms with E-state index < -0.39 is 6.29 Å². The summed E-state index contributed by atoms with van der Waals surface area (Å²) in [6.45, 7) is 2.02. The summed E-state index contributed by atoms with van der Waals surface area (Å²) in [4.78, 5) is 16.9. The number of pyridine rings is 1. The highest BCUT2D eigenvalue weighted by Crippen LogP contribution is 2.34. The largest absolute Gasteiger partial charge is 0.442 e. The molecule has 0 aliphatic carbocycles. The Balaban J connectivity index is 1.60. The first-order valence-electron chi connectivity index (χ1n) is 8.40. The predicted molar refractivity (Wildman–Crippen MR) is 96.9 cm³/mol. The normalized spacial score (nSPS) is 14.0. The van der Waals surface area contributed by atoms with E-state index in [4.69, 9.17) is 9.47 Å². The van der Waals surface area contributed by atoms with E-state index in [0.717, 1.165) is 16.7 Å². The Kier molecular flexibility index (Phi) is 4.27. The van der Waals surface area contributed by atoms with Crippen molar-refractivity contribution in [1.82, 2.24) is 10.3 Å². The number of hydrogen-bond acceptors (Lipinski definition) is 4. The van der Waals surface area contributed by atoms with E-state index in [-0.39, 0.29) is 11.9 Å². The Bertz CT molecular complexity index is 902. The third kappa shape index (κ3) is 3.11. The standard InChI is InChI=1S/C21H18N2O3/c1-14-6-2-3-7-16(14)19(15-10-12-22-13-11-15)23-20(24)21-25-17-8-4-5-9-18(17)26-21/h2-13,19,21H,1H3,(H,23,24). The van der Waals surface area contributed by atoms with Crippen LogP contribution in [0.5, 0.6) is 11.5 Å². The maximum atomic E-state index is 12.8. The summed E-state index contributed by atoms with van der Waals surface area (Å²) in [5.41, 5.74) is 3.05. The molecule has 2 aromatic carbocycles. The van der Waals surface area contributed by atoms with E-state index in [1.165, 1.54) is 0 Å². The van der Waals surface area contributed by atoms with E-state index in [1.807, 2.05) is 55.5 Å². The lowest BCUT2D eigenvalue weighted by Crippen LogP contribution is -2.42. The number of ether oxygens (including phenoxy) is 2. The van der Waals surface area contributed by atoms with Crippen LogP contribution in [0.3, 0.4) is 0 Å². The number of rotatable bonds is 4. The van der Waals surface area contributed by atoms with Gasteiger partial charge in [0.2, 0.25) is 0 Å². The molecule has 5 nitrogen and oxygen atoms in total. The van der Waals surface area contributed by atoms with Gasteiger partial charge in [0, 0.05) is 12.4 Å². The van der Waals surface area contributed by atoms with Crippen LogP contribution in [0.15, 0.2) is 73.1 Å². The van der Waals surface area contributed by atoms with E-state index in [0.29, 0.717) is 11.5 Å². The van der Waals surface area contributed by atoms with Gasteiger partial charge in [0.1, 0.15) is 0 Å². The zero-order valence-electron chi connectivity index (χ0n) is 14.3. The molecule has 1 aromatic heterocycles. The number of carbonyl (C=O) groups is 1. The SMILES string of the molecule is Cc1ccccc1C(NC(=O)C1Oc2ccccc2O1)c1ccncc1. The predicted octanol–water partition coefficient (Wildman–Crippen LogP) is 3.39. The van der Waals surface area contributed by atoms with E-state index >= 15 is 0 Å². The minimum absolute atomic E-state index is 0.317. The minimum Gasteiger partial charge on any atom is -0.442 e. The van der Waals surface area contributed by atoms with Crippen LogP contribution in [-0.4, -0.2) is 17.2 Å². The monoisotopic (exact) mass is 346 g/mol. The summed E-state index contributed by atoms with van der Waals surface area (Å²) in [5.74, 6) is 0.819. The van der Waals surface area contributed by atoms with Gasteiger partial charge in [0.15, 0.2) is 11.5 Å². The number of hydrogen-bond donors (Lipinski definition) is 1. The molecule has 2 heterocycles. The van der Waals surface area contributed by atoms with Crippen LogP contribution in [0.25, 0.3) is 0 Å². The number of nitrogens with one attached hydrogen (secondary N) is 1. The molecule has 130 valence electrons. The second-order valence-corrected chi connectivity index (χ2v) is 6.09. The Hall–Kier alpha value is -3.34. The van der Waals surface area contributed by atoms with Crippen LogP contribution in [0.1, 0.15) is 22.7 Å². The number of fused-ring (bicyclic) bond motifs is 1. The average Bonchev–Trinajstić information content (AvgIpc) is 3.12. The van der Waals surface area contributed by atoms with Crippen LogP contribution in [0.4, 0.5) is 0 Å². The molecule has 0 saturated heterocycles. The Morgan fingerprint density at radius 2 is 1.58 bits per heavy atom. The van der Waals surface area contributed by atoms with Gasteiger partial charge in [-0.25, -0.2) is 0 Å². The number of amides is 1. The molecule has 5 heteroatoms. The van der Waals surface area contributed by atoms with Gasteiger partial charge in [-0.05, 0) is 47.9 Å². The highest BCUT2D eigenvalue weighted by Gasteiger charge is 2.32. The van der Waals surface area contributed by atoms with Gasteiger partial charge >= 0.3 is 12.2 Å². The fourth-order valence-corrected chi connectivity index (χ4v) is 3.02. The molecular weight excluding hydrogens is 328 g/mol. The first-order chi connectivity index (χ1) is 12.7. The molecule has 0 saturated carbocycles. The summed E-state index contributed by atoms with van der Waals surface area (Å²) in [5, 5.41) is 3.05. The molecule has 0 fully saturated rings. The van der Waals surface area contributed by atoms with Gasteiger partial charge in [0.05, 0.1) is 6.04 Å². The average molecular weight is 346 g/mol. The quantitative estimate of drug-likeness (QED) is 0.787. The second-order valence-electron chi connectivity index (χ2n) is 6.09. The highest BCUT2D eigenvalue weighted by molar-refractivity contribution is 5.82. The van der Waals surface area contributed by atoms with E-state index in [9.17, 15) is 4.79 Å². The van der Waals surface area contributed by atoms with Crippen molar-refractivity contribution in [2.75, 3.05) is 0 Å². The number of para-hydroxylation sites is 2. The van der Waals surface area contributed by atoms with Crippen LogP contribution in [0.2, 0.25) is 0 Å². The lowest BCUT2D eigenvalue weighted by molar-refractivity contribution is -0.137. The number of aromatic nitrogens is 1. The van der Waals surface area contributed by atoms with Gasteiger partial charge in [-0.1, -0.05) is 36.4 Å². The molecule has 1 aliphatic heterocycles. The van der Waals surface area contributed by atoms with Crippen molar-refractivity contribution < 1.29 is 14.3 Å². The van der Waals surface area contributed by atoms with Crippen LogP contribution >= 0.6 is 0 Å². The minimum atomic E-state index is -0.999. The lowest BCUT2D eigenvalue weighted by Gasteiger charge is -2.22. The molecule has 1 unspecified atom stereocenters. The highest BCUT2D eigenvalue weighted by atomic mass is 16.7. The molecule has 0 bridgehead atoms. The third-order valence-electron chi connectivity index (χ3n) is 4.36. The molecule has 1 amide bonds. The van der Waals surface area contributed by atoms with E-state index in [2.05, 4.69) is 10.3 Å². The van der Waals surface area contributed by atoms with Crippen LogP contribution < -0.4 is 14.8 Å². The number of benzene rings is 2. The molecule has 1 N–H and O–H groups in total. The van der Waals surface area contributed by atoms with Crippen molar-refractivity contribution in [1.29, 1.82) is 0 Å². The Morgan fingerprint density at radius 3 is 2.23 bits per heavy atom. The zero-order chi connectivity index (χ0) is 17.9. The topological polar surface area (TPSA) is 60.5 Å². The fraction of sp³-hybridized carbons (Fsp3) is 0.143. The molecule has 26 heavy (non-hydrogen) atoms. The van der Waals surface area contributed by atoms with Crippen molar-refractivity contribution in [2.24, 2.45) is 0 Å². The molecule has 1 aliphatic rings. The zero-order valence-corrected chi connectivity index (χ0v) is 14.3. The summed E-state index contributed by atoms with van der Waals surface area (Å²) in [6.07, 6.45) is 2.43. The van der Waals surface area contributed by atoms with Crippen molar-refractivity contribution in [3.05, 3.63) is 89.7 Å². The van der Waals surface area contributed by atoms with Gasteiger partial charge in [-0.15, -0.1) is 0 Å². The third-order valence-corrected chi connectivity index (χ3v) is 4.36. The summed E-state index contributed by atoms with van der Waals surface area (Å²) < 4.78 is 11.2. The smallest absolute Gasteiger partial charge is 0.321 e. The molecule has 0 radical (unpaired) electrons. The first kappa shape index (κ1) is 16.1. The number of aryl methyl sites for hydroxylation is 1.